The van der Waals surface area contributed by atoms with Crippen LogP contribution in [0.4, 0.5) is 0 Å². The van der Waals surface area contributed by atoms with Crippen LogP contribution < -0.4 is 0 Å². The molecule has 0 aromatic carbocycles. The van der Waals surface area contributed by atoms with Crippen LogP contribution in [-0.2, 0) is 4.74 Å². The SMILES string of the molecule is OCC[C@H]1OCC[C@@H]1n1cnc2c(Cl)ncnc21. The highest BCUT2D eigenvalue weighted by Crippen LogP contribution is 2.31. The zero-order valence-electron chi connectivity index (χ0n) is 9.66. The highest BCUT2D eigenvalue weighted by molar-refractivity contribution is 6.33. The molecule has 3 rings (SSSR count). The van der Waals surface area contributed by atoms with Gasteiger partial charge >= 0.3 is 0 Å². The molecule has 0 unspecified atom stereocenters. The smallest absolute Gasteiger partial charge is 0.165 e. The van der Waals surface area contributed by atoms with Gasteiger partial charge in [0.2, 0.25) is 0 Å². The third-order valence-corrected chi connectivity index (χ3v) is 3.54. The number of hydrogen-bond acceptors (Lipinski definition) is 5. The van der Waals surface area contributed by atoms with Crippen molar-refractivity contribution in [3.8, 4) is 0 Å². The number of hydrogen-bond donors (Lipinski definition) is 1. The monoisotopic (exact) mass is 268 g/mol. The lowest BCUT2D eigenvalue weighted by Gasteiger charge is -2.19. The summed E-state index contributed by atoms with van der Waals surface area (Å²) in [5.41, 5.74) is 1.32. The van der Waals surface area contributed by atoms with Crippen LogP contribution in [0.15, 0.2) is 12.7 Å². The number of nitrogens with zero attached hydrogens (tertiary/aromatic N) is 4. The summed E-state index contributed by atoms with van der Waals surface area (Å²) in [6, 6.07) is 0.146. The van der Waals surface area contributed by atoms with Crippen molar-refractivity contribution in [3.05, 3.63) is 17.8 Å². The van der Waals surface area contributed by atoms with Crippen molar-refractivity contribution in [2.75, 3.05) is 13.2 Å². The van der Waals surface area contributed by atoms with Crippen LogP contribution in [0.3, 0.4) is 0 Å². The van der Waals surface area contributed by atoms with E-state index in [0.29, 0.717) is 29.3 Å². The molecular formula is C11H13ClN4O2. The van der Waals surface area contributed by atoms with Crippen molar-refractivity contribution in [1.82, 2.24) is 19.5 Å². The molecule has 3 heterocycles. The van der Waals surface area contributed by atoms with Gasteiger partial charge in [-0.05, 0) is 12.8 Å². The first-order chi connectivity index (χ1) is 8.81. The van der Waals surface area contributed by atoms with Gasteiger partial charge in [-0.25, -0.2) is 15.0 Å². The van der Waals surface area contributed by atoms with Crippen LogP contribution in [-0.4, -0.2) is 43.9 Å². The minimum absolute atomic E-state index is 0.00106. The molecule has 0 spiro atoms. The van der Waals surface area contributed by atoms with E-state index in [1.54, 1.807) is 6.33 Å². The molecule has 0 amide bonds. The molecule has 0 radical (unpaired) electrons. The molecule has 2 atom stereocenters. The number of ether oxygens (including phenoxy) is 1. The van der Waals surface area contributed by atoms with Crippen molar-refractivity contribution in [2.24, 2.45) is 0 Å². The zero-order valence-corrected chi connectivity index (χ0v) is 10.4. The molecule has 0 aliphatic carbocycles. The number of fused-ring (bicyclic) bond motifs is 1. The normalized spacial score (nSPS) is 23.9. The van der Waals surface area contributed by atoms with Crippen molar-refractivity contribution in [1.29, 1.82) is 0 Å². The van der Waals surface area contributed by atoms with Crippen molar-refractivity contribution in [3.63, 3.8) is 0 Å². The molecule has 18 heavy (non-hydrogen) atoms. The Balaban J connectivity index is 2.01. The van der Waals surface area contributed by atoms with Crippen LogP contribution >= 0.6 is 11.6 Å². The van der Waals surface area contributed by atoms with Gasteiger partial charge in [0, 0.05) is 13.2 Å². The van der Waals surface area contributed by atoms with Gasteiger partial charge in [-0.1, -0.05) is 11.6 Å². The first-order valence-corrected chi connectivity index (χ1v) is 6.24. The van der Waals surface area contributed by atoms with E-state index in [9.17, 15) is 0 Å². The van der Waals surface area contributed by atoms with Gasteiger partial charge in [-0.15, -0.1) is 0 Å². The molecular weight excluding hydrogens is 256 g/mol. The summed E-state index contributed by atoms with van der Waals surface area (Å²) >= 11 is 5.98. The topological polar surface area (TPSA) is 73.1 Å². The Labute approximate surface area is 109 Å². The fraction of sp³-hybridized carbons (Fsp3) is 0.545. The Morgan fingerprint density at radius 3 is 3.17 bits per heavy atom. The quantitative estimate of drug-likeness (QED) is 0.847. The van der Waals surface area contributed by atoms with E-state index >= 15 is 0 Å². The maximum Gasteiger partial charge on any atom is 0.165 e. The minimum atomic E-state index is 0.00106. The number of aliphatic hydroxyl groups is 1. The number of aromatic nitrogens is 4. The summed E-state index contributed by atoms with van der Waals surface area (Å²) in [6.45, 7) is 0.803. The van der Waals surface area contributed by atoms with Gasteiger partial charge < -0.3 is 14.4 Å². The Kier molecular flexibility index (Phi) is 3.15. The van der Waals surface area contributed by atoms with Crippen LogP contribution in [0.1, 0.15) is 18.9 Å². The molecule has 1 aliphatic heterocycles. The molecule has 7 heteroatoms. The summed E-state index contributed by atoms with van der Waals surface area (Å²) in [5.74, 6) is 0. The average molecular weight is 269 g/mol. The highest BCUT2D eigenvalue weighted by atomic mass is 35.5. The number of imidazole rings is 1. The standard InChI is InChI=1S/C11H13ClN4O2/c12-10-9-11(14-5-13-10)16(6-15-9)7-2-4-18-8(7)1-3-17/h5-8,17H,1-4H2/t7-,8+/m0/s1. The summed E-state index contributed by atoms with van der Waals surface area (Å²) in [7, 11) is 0. The second kappa shape index (κ2) is 4.79. The minimum Gasteiger partial charge on any atom is -0.396 e. The van der Waals surface area contributed by atoms with Crippen LogP contribution in [0.2, 0.25) is 5.15 Å². The Hall–Kier alpha value is -1.24. The lowest BCUT2D eigenvalue weighted by Crippen LogP contribution is -2.21. The molecule has 2 aromatic rings. The molecule has 1 N–H and O–H groups in total. The summed E-state index contributed by atoms with van der Waals surface area (Å²) in [5, 5.41) is 9.41. The Morgan fingerprint density at radius 2 is 2.33 bits per heavy atom. The van der Waals surface area contributed by atoms with Crippen molar-refractivity contribution in [2.45, 2.75) is 25.0 Å². The third kappa shape index (κ3) is 1.86. The molecule has 1 fully saturated rings. The van der Waals surface area contributed by atoms with Gasteiger partial charge in [-0.2, -0.15) is 0 Å². The van der Waals surface area contributed by atoms with E-state index in [2.05, 4.69) is 15.0 Å². The van der Waals surface area contributed by atoms with E-state index in [4.69, 9.17) is 21.4 Å². The number of aliphatic hydroxyl groups excluding tert-OH is 1. The predicted octanol–water partition coefficient (Wildman–Crippen LogP) is 1.19. The number of rotatable bonds is 3. The fourth-order valence-electron chi connectivity index (χ4n) is 2.42. The Morgan fingerprint density at radius 1 is 1.44 bits per heavy atom. The zero-order chi connectivity index (χ0) is 12.5. The van der Waals surface area contributed by atoms with Gasteiger partial charge in [0.15, 0.2) is 10.8 Å². The van der Waals surface area contributed by atoms with E-state index in [-0.39, 0.29) is 18.8 Å². The third-order valence-electron chi connectivity index (χ3n) is 3.26. The molecule has 1 aliphatic rings. The fourth-order valence-corrected chi connectivity index (χ4v) is 2.60. The summed E-state index contributed by atoms with van der Waals surface area (Å²) < 4.78 is 7.59. The molecule has 0 saturated carbocycles. The molecule has 0 bridgehead atoms. The van der Waals surface area contributed by atoms with Crippen molar-refractivity contribution >= 4 is 22.8 Å². The van der Waals surface area contributed by atoms with E-state index in [0.717, 1.165) is 6.42 Å². The van der Waals surface area contributed by atoms with Gasteiger partial charge in [-0.3, -0.25) is 0 Å². The molecule has 2 aromatic heterocycles. The van der Waals surface area contributed by atoms with Gasteiger partial charge in [0.25, 0.3) is 0 Å². The van der Waals surface area contributed by atoms with Gasteiger partial charge in [0.1, 0.15) is 11.8 Å². The predicted molar refractivity (Wildman–Crippen MR) is 65.4 cm³/mol. The van der Waals surface area contributed by atoms with E-state index in [1.807, 2.05) is 4.57 Å². The maximum atomic E-state index is 9.05. The van der Waals surface area contributed by atoms with Crippen LogP contribution in [0, 0.1) is 0 Å². The number of halogens is 1. The maximum absolute atomic E-state index is 9.05. The van der Waals surface area contributed by atoms with E-state index in [1.165, 1.54) is 6.33 Å². The van der Waals surface area contributed by atoms with Crippen molar-refractivity contribution < 1.29 is 9.84 Å². The lowest BCUT2D eigenvalue weighted by atomic mass is 10.1. The average Bonchev–Trinajstić information content (AvgIpc) is 2.96. The second-order valence-corrected chi connectivity index (χ2v) is 4.62. The van der Waals surface area contributed by atoms with E-state index < -0.39 is 0 Å². The first kappa shape index (κ1) is 11.8. The summed E-state index contributed by atoms with van der Waals surface area (Å²) in [4.78, 5) is 12.4. The first-order valence-electron chi connectivity index (χ1n) is 5.86. The molecule has 1 saturated heterocycles. The summed E-state index contributed by atoms with van der Waals surface area (Å²) in [6.07, 6.45) is 4.65. The van der Waals surface area contributed by atoms with Crippen LogP contribution in [0.25, 0.3) is 11.2 Å². The van der Waals surface area contributed by atoms with Gasteiger partial charge in [0.05, 0.1) is 18.5 Å². The highest BCUT2D eigenvalue weighted by Gasteiger charge is 2.30. The second-order valence-electron chi connectivity index (χ2n) is 4.27. The van der Waals surface area contributed by atoms with Crippen LogP contribution in [0.5, 0.6) is 0 Å². The Bertz CT molecular complexity index is 559. The molecule has 96 valence electrons. The lowest BCUT2D eigenvalue weighted by molar-refractivity contribution is 0.0699. The molecule has 6 nitrogen and oxygen atoms in total. The largest absolute Gasteiger partial charge is 0.396 e.